The number of likely N-dealkylation sites (N-methyl/N-ethyl adjacent to an activating group) is 1. The Labute approximate surface area is 280 Å². The molecule has 4 rings (SSSR count). The van der Waals surface area contributed by atoms with Crippen molar-refractivity contribution < 1.29 is 32.6 Å². The van der Waals surface area contributed by atoms with Crippen LogP contribution in [0.5, 0.6) is 5.75 Å². The number of nitrogens with one attached hydrogen (secondary N) is 1. The van der Waals surface area contributed by atoms with Crippen LogP contribution in [0.25, 0.3) is 0 Å². The minimum absolute atomic E-state index is 0.0469. The second-order valence-electron chi connectivity index (χ2n) is 13.5. The van der Waals surface area contributed by atoms with E-state index in [2.05, 4.69) is 4.72 Å². The van der Waals surface area contributed by atoms with Crippen LogP contribution in [-0.4, -0.2) is 86.7 Å². The lowest BCUT2D eigenvalue weighted by Gasteiger charge is -2.36. The number of anilines is 1. The van der Waals surface area contributed by atoms with E-state index in [9.17, 15) is 23.1 Å². The number of nitrogens with zero attached hydrogens (tertiary/aromatic N) is 2. The molecule has 2 N–H and O–H groups in total. The fourth-order valence-corrected chi connectivity index (χ4v) is 7.45. The van der Waals surface area contributed by atoms with E-state index in [1.807, 2.05) is 27.8 Å². The van der Waals surface area contributed by atoms with Crippen molar-refractivity contribution in [3.05, 3.63) is 53.6 Å². The fourth-order valence-electron chi connectivity index (χ4n) is 6.40. The molecule has 10 nitrogen and oxygen atoms in total. The van der Waals surface area contributed by atoms with Crippen molar-refractivity contribution in [3.8, 4) is 5.75 Å². The number of hydrogen-bond acceptors (Lipinski definition) is 7. The lowest BCUT2D eigenvalue weighted by Crippen LogP contribution is -2.48. The number of rotatable bonds is 8. The number of ether oxygens (including phenoxy) is 2. The van der Waals surface area contributed by atoms with Gasteiger partial charge in [-0.05, 0) is 83.2 Å². The van der Waals surface area contributed by atoms with Gasteiger partial charge in [-0.15, -0.1) is 0 Å². The largest absolute Gasteiger partial charge is 0.490 e. The summed E-state index contributed by atoms with van der Waals surface area (Å²) in [6.45, 7) is 8.53. The molecule has 0 aromatic heterocycles. The molecule has 4 atom stereocenters. The lowest BCUT2D eigenvalue weighted by molar-refractivity contribution is -0.137. The zero-order valence-electron chi connectivity index (χ0n) is 28.6. The minimum atomic E-state index is -3.92. The molecule has 1 aliphatic carbocycles. The molecule has 0 saturated heterocycles. The van der Waals surface area contributed by atoms with Crippen LogP contribution in [0.3, 0.4) is 0 Å². The molecular weight excluding hydrogens is 618 g/mol. The van der Waals surface area contributed by atoms with Crippen molar-refractivity contribution in [1.29, 1.82) is 0 Å². The Balaban J connectivity index is 1.64. The third kappa shape index (κ3) is 9.93. The first-order valence-corrected chi connectivity index (χ1v) is 18.6. The molecule has 1 aliphatic heterocycles. The molecule has 1 fully saturated rings. The third-order valence-corrected chi connectivity index (χ3v) is 10.8. The normalized spacial score (nSPS) is 22.8. The Kier molecular flexibility index (Phi) is 13.1. The second kappa shape index (κ2) is 16.8. The highest BCUT2D eigenvalue weighted by atomic mass is 32.2. The van der Waals surface area contributed by atoms with Gasteiger partial charge in [-0.25, -0.2) is 8.42 Å². The van der Waals surface area contributed by atoms with E-state index in [0.717, 1.165) is 50.5 Å². The molecule has 2 amide bonds. The summed E-state index contributed by atoms with van der Waals surface area (Å²) in [7, 11) is -2.08. The SMILES string of the molecule is Cc1ccc(S(=O)(=O)Nc2ccc3c(c2)C(=O)N([C@H](C)CO)C[C@H](C)[C@@H](CN(C)C(=O)C2CCCCC2)OCCCC[C@H](C)O3)cc1. The van der Waals surface area contributed by atoms with E-state index in [-0.39, 0.29) is 65.2 Å². The Bertz CT molecular complexity index is 1440. The standard InChI is InChI=1S/C36H53N3O7S/c1-25-14-17-31(18-15-25)47(43,44)37-30-16-19-33-32(21-30)36(42)39(27(3)24-40)22-26(2)34(45-20-10-9-11-28(4)46-33)23-38(5)35(41)29-12-7-6-8-13-29/h14-19,21,26-29,34,37,40H,6-13,20,22-24H2,1-5H3/t26-,27+,28-,34+/m0/s1. The van der Waals surface area contributed by atoms with Crippen molar-refractivity contribution in [2.45, 2.75) is 102 Å². The number of aliphatic hydroxyl groups excluding tert-OH is 1. The van der Waals surface area contributed by atoms with Gasteiger partial charge in [0.2, 0.25) is 5.91 Å². The Morgan fingerprint density at radius 1 is 1.04 bits per heavy atom. The van der Waals surface area contributed by atoms with Crippen molar-refractivity contribution >= 4 is 27.5 Å². The first-order valence-electron chi connectivity index (χ1n) is 17.1. The number of carbonyl (C=O) groups is 2. The Morgan fingerprint density at radius 2 is 1.72 bits per heavy atom. The van der Waals surface area contributed by atoms with E-state index in [1.54, 1.807) is 41.0 Å². The maximum absolute atomic E-state index is 14.4. The fraction of sp³-hybridized carbons (Fsp3) is 0.611. The molecule has 2 aromatic rings. The van der Waals surface area contributed by atoms with Gasteiger partial charge in [-0.3, -0.25) is 14.3 Å². The van der Waals surface area contributed by atoms with Gasteiger partial charge in [0.25, 0.3) is 15.9 Å². The number of aliphatic hydroxyl groups is 1. The zero-order valence-corrected chi connectivity index (χ0v) is 29.4. The molecule has 260 valence electrons. The van der Waals surface area contributed by atoms with Gasteiger partial charge in [0.05, 0.1) is 35.3 Å². The summed E-state index contributed by atoms with van der Waals surface area (Å²) < 4.78 is 41.7. The van der Waals surface area contributed by atoms with Crippen LogP contribution >= 0.6 is 0 Å². The molecule has 0 bridgehead atoms. The summed E-state index contributed by atoms with van der Waals surface area (Å²) >= 11 is 0. The van der Waals surface area contributed by atoms with Gasteiger partial charge in [0.1, 0.15) is 5.75 Å². The second-order valence-corrected chi connectivity index (χ2v) is 15.2. The highest BCUT2D eigenvalue weighted by Gasteiger charge is 2.32. The molecule has 1 heterocycles. The smallest absolute Gasteiger partial charge is 0.261 e. The Morgan fingerprint density at radius 3 is 2.40 bits per heavy atom. The van der Waals surface area contributed by atoms with Gasteiger partial charge >= 0.3 is 0 Å². The summed E-state index contributed by atoms with van der Waals surface area (Å²) in [4.78, 5) is 31.2. The van der Waals surface area contributed by atoms with Crippen LogP contribution in [0.15, 0.2) is 47.4 Å². The van der Waals surface area contributed by atoms with Crippen molar-refractivity contribution in [2.75, 3.05) is 38.1 Å². The predicted octanol–water partition coefficient (Wildman–Crippen LogP) is 5.63. The van der Waals surface area contributed by atoms with E-state index in [0.29, 0.717) is 18.9 Å². The van der Waals surface area contributed by atoms with E-state index in [1.165, 1.54) is 24.6 Å². The number of hydrogen-bond donors (Lipinski definition) is 2. The molecule has 2 aromatic carbocycles. The third-order valence-electron chi connectivity index (χ3n) is 9.42. The number of carbonyl (C=O) groups excluding carboxylic acids is 2. The van der Waals surface area contributed by atoms with Gasteiger partial charge in [-0.1, -0.05) is 43.9 Å². The molecule has 0 spiro atoms. The number of sulfonamides is 1. The average molecular weight is 672 g/mol. The lowest BCUT2D eigenvalue weighted by atomic mass is 9.88. The minimum Gasteiger partial charge on any atom is -0.490 e. The van der Waals surface area contributed by atoms with Gasteiger partial charge < -0.3 is 24.4 Å². The van der Waals surface area contributed by atoms with E-state index >= 15 is 0 Å². The topological polar surface area (TPSA) is 125 Å². The summed E-state index contributed by atoms with van der Waals surface area (Å²) in [5, 5.41) is 10.2. The number of benzene rings is 2. The quantitative estimate of drug-likeness (QED) is 0.373. The average Bonchev–Trinajstić information content (AvgIpc) is 3.06. The van der Waals surface area contributed by atoms with Crippen molar-refractivity contribution in [3.63, 3.8) is 0 Å². The maximum atomic E-state index is 14.4. The van der Waals surface area contributed by atoms with Crippen LogP contribution in [0.1, 0.15) is 88.1 Å². The summed E-state index contributed by atoms with van der Waals surface area (Å²) in [5.74, 6) is -0.0163. The summed E-state index contributed by atoms with van der Waals surface area (Å²) in [5.41, 5.74) is 1.37. The molecule has 47 heavy (non-hydrogen) atoms. The number of aryl methyl sites for hydroxylation is 1. The molecule has 0 unspecified atom stereocenters. The first-order chi connectivity index (χ1) is 22.4. The summed E-state index contributed by atoms with van der Waals surface area (Å²) in [6, 6.07) is 10.7. The Hall–Kier alpha value is -3.15. The van der Waals surface area contributed by atoms with Crippen LogP contribution in [-0.2, 0) is 19.6 Å². The molecule has 0 radical (unpaired) electrons. The zero-order chi connectivity index (χ0) is 34.1. The van der Waals surface area contributed by atoms with Gasteiger partial charge in [0, 0.05) is 44.3 Å². The van der Waals surface area contributed by atoms with E-state index in [4.69, 9.17) is 9.47 Å². The molecule has 11 heteroatoms. The number of fused-ring (bicyclic) bond motifs is 1. The number of amides is 2. The molecule has 1 saturated carbocycles. The van der Waals surface area contributed by atoms with Crippen molar-refractivity contribution in [1.82, 2.24) is 9.80 Å². The monoisotopic (exact) mass is 671 g/mol. The van der Waals surface area contributed by atoms with Crippen LogP contribution in [0, 0.1) is 18.8 Å². The first kappa shape index (κ1) is 36.7. The maximum Gasteiger partial charge on any atom is 0.261 e. The van der Waals surface area contributed by atoms with E-state index < -0.39 is 16.1 Å². The highest BCUT2D eigenvalue weighted by Crippen LogP contribution is 2.30. The summed E-state index contributed by atoms with van der Waals surface area (Å²) in [6.07, 6.45) is 7.04. The predicted molar refractivity (Wildman–Crippen MR) is 183 cm³/mol. The van der Waals surface area contributed by atoms with Gasteiger partial charge in [0.15, 0.2) is 0 Å². The van der Waals surface area contributed by atoms with Crippen molar-refractivity contribution in [2.24, 2.45) is 11.8 Å². The van der Waals surface area contributed by atoms with Crippen LogP contribution in [0.2, 0.25) is 0 Å². The van der Waals surface area contributed by atoms with Gasteiger partial charge in [-0.2, -0.15) is 0 Å². The van der Waals surface area contributed by atoms with Crippen LogP contribution < -0.4 is 9.46 Å². The molecule has 2 aliphatic rings. The van der Waals surface area contributed by atoms with Crippen LogP contribution in [0.4, 0.5) is 5.69 Å². The highest BCUT2D eigenvalue weighted by molar-refractivity contribution is 7.92. The molecular formula is C36H53N3O7S.